The van der Waals surface area contributed by atoms with E-state index < -0.39 is 0 Å². The summed E-state index contributed by atoms with van der Waals surface area (Å²) in [6.07, 6.45) is 0. The number of nitrogens with one attached hydrogen (secondary N) is 1. The standard InChI is InChI=1S/C16H16ClNO/c1-11-7-9-13(10-8-11)16(19)18-12(2)14-5-3-4-6-15(14)17/h3-10,12H,1-2H3,(H,18,19)/t12-/m1/s1. The average molecular weight is 274 g/mol. The zero-order valence-electron chi connectivity index (χ0n) is 11.0. The van der Waals surface area contributed by atoms with Gasteiger partial charge in [-0.1, -0.05) is 47.5 Å². The first kappa shape index (κ1) is 13.6. The highest BCUT2D eigenvalue weighted by Crippen LogP contribution is 2.22. The fourth-order valence-corrected chi connectivity index (χ4v) is 2.19. The number of hydrogen-bond acceptors (Lipinski definition) is 1. The Kier molecular flexibility index (Phi) is 4.23. The summed E-state index contributed by atoms with van der Waals surface area (Å²) >= 11 is 6.12. The highest BCUT2D eigenvalue weighted by Gasteiger charge is 2.13. The maximum Gasteiger partial charge on any atom is 0.251 e. The monoisotopic (exact) mass is 273 g/mol. The van der Waals surface area contributed by atoms with Gasteiger partial charge in [-0.05, 0) is 37.6 Å². The Morgan fingerprint density at radius 2 is 1.74 bits per heavy atom. The summed E-state index contributed by atoms with van der Waals surface area (Å²) in [6, 6.07) is 14.9. The van der Waals surface area contributed by atoms with E-state index in [0.29, 0.717) is 10.6 Å². The molecule has 1 N–H and O–H groups in total. The van der Waals surface area contributed by atoms with Gasteiger partial charge in [0, 0.05) is 10.6 Å². The van der Waals surface area contributed by atoms with Gasteiger partial charge < -0.3 is 5.32 Å². The van der Waals surface area contributed by atoms with Crippen LogP contribution in [0.15, 0.2) is 48.5 Å². The lowest BCUT2D eigenvalue weighted by Crippen LogP contribution is -2.26. The van der Waals surface area contributed by atoms with E-state index in [9.17, 15) is 4.79 Å². The number of hydrogen-bond donors (Lipinski definition) is 1. The fraction of sp³-hybridized carbons (Fsp3) is 0.188. The number of amides is 1. The normalized spacial score (nSPS) is 11.9. The molecule has 0 fully saturated rings. The number of rotatable bonds is 3. The zero-order valence-corrected chi connectivity index (χ0v) is 11.7. The first-order valence-corrected chi connectivity index (χ1v) is 6.57. The molecule has 0 aliphatic rings. The molecule has 0 aliphatic carbocycles. The molecule has 0 spiro atoms. The Bertz CT molecular complexity index is 578. The maximum absolute atomic E-state index is 12.1. The summed E-state index contributed by atoms with van der Waals surface area (Å²) in [5, 5.41) is 3.62. The van der Waals surface area contributed by atoms with Crippen LogP contribution < -0.4 is 5.32 Å². The highest BCUT2D eigenvalue weighted by atomic mass is 35.5. The van der Waals surface area contributed by atoms with Crippen LogP contribution in [0.5, 0.6) is 0 Å². The van der Waals surface area contributed by atoms with Gasteiger partial charge in [-0.25, -0.2) is 0 Å². The van der Waals surface area contributed by atoms with Crippen LogP contribution in [0.2, 0.25) is 5.02 Å². The summed E-state index contributed by atoms with van der Waals surface area (Å²) in [7, 11) is 0. The van der Waals surface area contributed by atoms with Gasteiger partial charge in [0.2, 0.25) is 0 Å². The molecule has 0 saturated carbocycles. The van der Waals surface area contributed by atoms with E-state index in [1.807, 2.05) is 62.4 Å². The number of aryl methyl sites for hydroxylation is 1. The quantitative estimate of drug-likeness (QED) is 0.895. The number of carbonyl (C=O) groups is 1. The van der Waals surface area contributed by atoms with Gasteiger partial charge in [0.25, 0.3) is 5.91 Å². The molecule has 0 heterocycles. The van der Waals surface area contributed by atoms with Gasteiger partial charge in [-0.3, -0.25) is 4.79 Å². The van der Waals surface area contributed by atoms with Crippen molar-refractivity contribution in [3.8, 4) is 0 Å². The molecule has 3 heteroatoms. The van der Waals surface area contributed by atoms with Crippen LogP contribution in [-0.2, 0) is 0 Å². The summed E-state index contributed by atoms with van der Waals surface area (Å²) in [5.41, 5.74) is 2.71. The van der Waals surface area contributed by atoms with Crippen molar-refractivity contribution in [2.75, 3.05) is 0 Å². The Labute approximate surface area is 118 Å². The van der Waals surface area contributed by atoms with E-state index in [1.54, 1.807) is 0 Å². The molecule has 0 bridgehead atoms. The first-order valence-electron chi connectivity index (χ1n) is 6.20. The molecule has 2 nitrogen and oxygen atoms in total. The second-order valence-electron chi connectivity index (χ2n) is 4.58. The van der Waals surface area contributed by atoms with Gasteiger partial charge in [-0.2, -0.15) is 0 Å². The predicted octanol–water partition coefficient (Wildman–Crippen LogP) is 4.14. The van der Waals surface area contributed by atoms with Crippen LogP contribution in [0.3, 0.4) is 0 Å². The van der Waals surface area contributed by atoms with Crippen molar-refractivity contribution in [2.45, 2.75) is 19.9 Å². The van der Waals surface area contributed by atoms with Gasteiger partial charge in [0.15, 0.2) is 0 Å². The minimum absolute atomic E-state index is 0.0904. The van der Waals surface area contributed by atoms with E-state index in [0.717, 1.165) is 11.1 Å². The Balaban J connectivity index is 2.11. The minimum Gasteiger partial charge on any atom is -0.345 e. The van der Waals surface area contributed by atoms with E-state index in [2.05, 4.69) is 5.32 Å². The van der Waals surface area contributed by atoms with Crippen molar-refractivity contribution < 1.29 is 4.79 Å². The van der Waals surface area contributed by atoms with Crippen molar-refractivity contribution in [1.29, 1.82) is 0 Å². The van der Waals surface area contributed by atoms with Crippen LogP contribution >= 0.6 is 11.6 Å². The van der Waals surface area contributed by atoms with Crippen LogP contribution in [0, 0.1) is 6.92 Å². The zero-order chi connectivity index (χ0) is 13.8. The van der Waals surface area contributed by atoms with E-state index in [1.165, 1.54) is 0 Å². The Hall–Kier alpha value is -1.80. The van der Waals surface area contributed by atoms with E-state index in [4.69, 9.17) is 11.6 Å². The van der Waals surface area contributed by atoms with Crippen molar-refractivity contribution in [3.05, 3.63) is 70.2 Å². The van der Waals surface area contributed by atoms with Gasteiger partial charge in [0.05, 0.1) is 6.04 Å². The molecule has 98 valence electrons. The summed E-state index contributed by atoms with van der Waals surface area (Å²) in [4.78, 5) is 12.1. The molecule has 0 aliphatic heterocycles. The molecule has 0 unspecified atom stereocenters. The predicted molar refractivity (Wildman–Crippen MR) is 78.5 cm³/mol. The topological polar surface area (TPSA) is 29.1 Å². The van der Waals surface area contributed by atoms with Crippen molar-refractivity contribution in [1.82, 2.24) is 5.32 Å². The van der Waals surface area contributed by atoms with Crippen LogP contribution in [0.4, 0.5) is 0 Å². The molecule has 2 aromatic rings. The third kappa shape index (κ3) is 3.36. The number of carbonyl (C=O) groups excluding carboxylic acids is 1. The van der Waals surface area contributed by atoms with Gasteiger partial charge in [0.1, 0.15) is 0 Å². The average Bonchev–Trinajstić information content (AvgIpc) is 2.39. The van der Waals surface area contributed by atoms with E-state index in [-0.39, 0.29) is 11.9 Å². The van der Waals surface area contributed by atoms with E-state index >= 15 is 0 Å². The van der Waals surface area contributed by atoms with Crippen molar-refractivity contribution in [2.24, 2.45) is 0 Å². The van der Waals surface area contributed by atoms with Crippen molar-refractivity contribution in [3.63, 3.8) is 0 Å². The summed E-state index contributed by atoms with van der Waals surface area (Å²) in [6.45, 7) is 3.92. The molecule has 0 radical (unpaired) electrons. The second-order valence-corrected chi connectivity index (χ2v) is 4.99. The van der Waals surface area contributed by atoms with Crippen molar-refractivity contribution >= 4 is 17.5 Å². The molecule has 19 heavy (non-hydrogen) atoms. The SMILES string of the molecule is Cc1ccc(C(=O)N[C@H](C)c2ccccc2Cl)cc1. The number of halogens is 1. The molecule has 0 saturated heterocycles. The minimum atomic E-state index is -0.123. The van der Waals surface area contributed by atoms with Crippen LogP contribution in [0.25, 0.3) is 0 Å². The Morgan fingerprint density at radius 3 is 2.37 bits per heavy atom. The molecule has 1 amide bonds. The molecule has 2 rings (SSSR count). The Morgan fingerprint density at radius 1 is 1.11 bits per heavy atom. The van der Waals surface area contributed by atoms with Gasteiger partial charge in [-0.15, -0.1) is 0 Å². The third-order valence-corrected chi connectivity index (χ3v) is 3.38. The second kappa shape index (κ2) is 5.89. The summed E-state index contributed by atoms with van der Waals surface area (Å²) in [5.74, 6) is -0.0904. The lowest BCUT2D eigenvalue weighted by Gasteiger charge is -2.15. The molecular formula is C16H16ClNO. The highest BCUT2D eigenvalue weighted by molar-refractivity contribution is 6.31. The third-order valence-electron chi connectivity index (χ3n) is 3.03. The molecule has 2 aromatic carbocycles. The maximum atomic E-state index is 12.1. The smallest absolute Gasteiger partial charge is 0.251 e. The molecule has 0 aromatic heterocycles. The van der Waals surface area contributed by atoms with Crippen LogP contribution in [-0.4, -0.2) is 5.91 Å². The first-order chi connectivity index (χ1) is 9.08. The van der Waals surface area contributed by atoms with Gasteiger partial charge >= 0.3 is 0 Å². The molecular weight excluding hydrogens is 258 g/mol. The lowest BCUT2D eigenvalue weighted by molar-refractivity contribution is 0.0940. The lowest BCUT2D eigenvalue weighted by atomic mass is 10.1. The molecule has 1 atom stereocenters. The van der Waals surface area contributed by atoms with Crippen LogP contribution in [0.1, 0.15) is 34.5 Å². The fourth-order valence-electron chi connectivity index (χ4n) is 1.89. The largest absolute Gasteiger partial charge is 0.345 e. The summed E-state index contributed by atoms with van der Waals surface area (Å²) < 4.78 is 0. The number of benzene rings is 2.